The lowest BCUT2D eigenvalue weighted by Crippen LogP contribution is -2.30. The van der Waals surface area contributed by atoms with E-state index in [1.165, 1.54) is 17.5 Å². The van der Waals surface area contributed by atoms with E-state index in [0.717, 1.165) is 6.07 Å². The lowest BCUT2D eigenvalue weighted by Gasteiger charge is -2.19. The molecule has 1 aromatic rings. The molecule has 0 aromatic heterocycles. The smallest absolute Gasteiger partial charge is 0.339 e. The number of halogens is 1. The predicted molar refractivity (Wildman–Crippen MR) is 75.1 cm³/mol. The number of carboxylic acids is 1. The topological polar surface area (TPSA) is 83.9 Å². The number of rotatable bonds is 6. The van der Waals surface area contributed by atoms with E-state index in [1.54, 1.807) is 13.8 Å². The molecule has 0 saturated carbocycles. The summed E-state index contributed by atoms with van der Waals surface area (Å²) in [7, 11) is -2.50. The number of hydrogen-bond donors (Lipinski definition) is 1. The second-order valence-corrected chi connectivity index (χ2v) is 6.23. The Balaban J connectivity index is 3.52. The van der Waals surface area contributed by atoms with Gasteiger partial charge in [-0.2, -0.15) is 4.31 Å². The molecule has 0 aliphatic rings. The summed E-state index contributed by atoms with van der Waals surface area (Å²) in [5.74, 6) is -1.36. The highest BCUT2D eigenvalue weighted by molar-refractivity contribution is 7.89. The zero-order valence-corrected chi connectivity index (χ0v) is 13.0. The van der Waals surface area contributed by atoms with Gasteiger partial charge in [0.15, 0.2) is 5.75 Å². The molecule has 0 fully saturated rings. The molecule has 1 N–H and O–H groups in total. The highest BCUT2D eigenvalue weighted by atomic mass is 35.5. The number of nitrogens with zero attached hydrogens (tertiary/aromatic N) is 1. The molecular formula is C12H16ClNO5S. The molecule has 0 unspecified atom stereocenters. The minimum absolute atomic E-state index is 0.0573. The zero-order valence-electron chi connectivity index (χ0n) is 11.4. The molecule has 0 saturated heterocycles. The van der Waals surface area contributed by atoms with Crippen molar-refractivity contribution in [2.45, 2.75) is 18.7 Å². The number of carbonyl (C=O) groups is 1. The molecule has 0 atom stereocenters. The summed E-state index contributed by atoms with van der Waals surface area (Å²) in [6.45, 7) is 3.96. The van der Waals surface area contributed by atoms with Crippen LogP contribution >= 0.6 is 11.6 Å². The summed E-state index contributed by atoms with van der Waals surface area (Å²) in [5.41, 5.74) is -0.286. The predicted octanol–water partition coefficient (Wildman–Crippen LogP) is 2.08. The largest absolute Gasteiger partial charge is 0.494 e. The minimum atomic E-state index is -3.77. The van der Waals surface area contributed by atoms with Crippen LogP contribution in [0.2, 0.25) is 5.02 Å². The molecule has 6 nitrogen and oxygen atoms in total. The molecule has 0 spiro atoms. The summed E-state index contributed by atoms with van der Waals surface area (Å²) in [6, 6.07) is 2.25. The van der Waals surface area contributed by atoms with Crippen molar-refractivity contribution in [3.8, 4) is 5.75 Å². The Hall–Kier alpha value is -1.31. The van der Waals surface area contributed by atoms with Gasteiger partial charge in [-0.25, -0.2) is 13.2 Å². The first kappa shape index (κ1) is 16.7. The third-order valence-electron chi connectivity index (χ3n) is 2.79. The monoisotopic (exact) mass is 321 g/mol. The summed E-state index contributed by atoms with van der Waals surface area (Å²) in [6.07, 6.45) is 0. The molecule has 8 heteroatoms. The SMILES string of the molecule is CCN(CC)S(=O)(=O)c1cc(Cl)c(OC)c(C(=O)O)c1. The van der Waals surface area contributed by atoms with E-state index in [0.29, 0.717) is 0 Å². The van der Waals surface area contributed by atoms with E-state index in [2.05, 4.69) is 0 Å². The maximum absolute atomic E-state index is 12.4. The van der Waals surface area contributed by atoms with Crippen LogP contribution in [-0.2, 0) is 10.0 Å². The highest BCUT2D eigenvalue weighted by Crippen LogP contribution is 2.32. The Morgan fingerprint density at radius 2 is 1.90 bits per heavy atom. The normalized spacial score (nSPS) is 11.7. The summed E-state index contributed by atoms with van der Waals surface area (Å²) >= 11 is 5.90. The minimum Gasteiger partial charge on any atom is -0.494 e. The fraction of sp³-hybridized carbons (Fsp3) is 0.417. The third kappa shape index (κ3) is 3.05. The second-order valence-electron chi connectivity index (χ2n) is 3.88. The quantitative estimate of drug-likeness (QED) is 0.867. The molecular weight excluding hydrogens is 306 g/mol. The standard InChI is InChI=1S/C12H16ClNO5S/c1-4-14(5-2)20(17,18)8-6-9(12(15)16)11(19-3)10(13)7-8/h6-7H,4-5H2,1-3H3,(H,15,16). The van der Waals surface area contributed by atoms with Crippen molar-refractivity contribution in [1.82, 2.24) is 4.31 Å². The Kier molecular flexibility index (Phi) is 5.38. The fourth-order valence-electron chi connectivity index (χ4n) is 1.80. The zero-order chi connectivity index (χ0) is 15.5. The van der Waals surface area contributed by atoms with Crippen molar-refractivity contribution in [2.75, 3.05) is 20.2 Å². The molecule has 20 heavy (non-hydrogen) atoms. The maximum atomic E-state index is 12.4. The number of carboxylic acid groups (broad SMARTS) is 1. The van der Waals surface area contributed by atoms with Gasteiger partial charge in [-0.3, -0.25) is 0 Å². The van der Waals surface area contributed by atoms with E-state index >= 15 is 0 Å². The van der Waals surface area contributed by atoms with Crippen molar-refractivity contribution in [3.05, 3.63) is 22.7 Å². The van der Waals surface area contributed by atoms with Crippen LogP contribution in [0.25, 0.3) is 0 Å². The molecule has 1 rings (SSSR count). The van der Waals surface area contributed by atoms with Crippen LogP contribution in [0.3, 0.4) is 0 Å². The van der Waals surface area contributed by atoms with Crippen LogP contribution in [0.15, 0.2) is 17.0 Å². The lowest BCUT2D eigenvalue weighted by molar-refractivity contribution is 0.0693. The van der Waals surface area contributed by atoms with Crippen LogP contribution < -0.4 is 4.74 Å². The number of ether oxygens (including phenoxy) is 1. The first-order chi connectivity index (χ1) is 9.29. The molecule has 0 bridgehead atoms. The molecule has 112 valence electrons. The molecule has 0 radical (unpaired) electrons. The number of benzene rings is 1. The first-order valence-electron chi connectivity index (χ1n) is 5.90. The van der Waals surface area contributed by atoms with Crippen LogP contribution in [0.1, 0.15) is 24.2 Å². The van der Waals surface area contributed by atoms with Crippen LogP contribution in [0, 0.1) is 0 Å². The molecule has 0 aliphatic heterocycles. The van der Waals surface area contributed by atoms with Crippen molar-refractivity contribution >= 4 is 27.6 Å². The van der Waals surface area contributed by atoms with E-state index < -0.39 is 16.0 Å². The number of hydrogen-bond acceptors (Lipinski definition) is 4. The van der Waals surface area contributed by atoms with Crippen LogP contribution in [0.4, 0.5) is 0 Å². The Bertz CT molecular complexity index is 611. The third-order valence-corrected chi connectivity index (χ3v) is 5.10. The van der Waals surface area contributed by atoms with E-state index in [9.17, 15) is 13.2 Å². The molecule has 0 heterocycles. The van der Waals surface area contributed by atoms with E-state index in [4.69, 9.17) is 21.4 Å². The van der Waals surface area contributed by atoms with Crippen molar-refractivity contribution < 1.29 is 23.1 Å². The van der Waals surface area contributed by atoms with Gasteiger partial charge in [0.2, 0.25) is 10.0 Å². The summed E-state index contributed by atoms with van der Waals surface area (Å²) < 4.78 is 30.8. The van der Waals surface area contributed by atoms with Gasteiger partial charge >= 0.3 is 5.97 Å². The lowest BCUT2D eigenvalue weighted by atomic mass is 10.2. The van der Waals surface area contributed by atoms with Crippen LogP contribution in [-0.4, -0.2) is 44.0 Å². The Labute approximate surface area is 123 Å². The summed E-state index contributed by atoms with van der Waals surface area (Å²) in [4.78, 5) is 11.0. The average Bonchev–Trinajstić information content (AvgIpc) is 2.38. The van der Waals surface area contributed by atoms with Crippen molar-refractivity contribution in [2.24, 2.45) is 0 Å². The first-order valence-corrected chi connectivity index (χ1v) is 7.72. The van der Waals surface area contributed by atoms with Crippen molar-refractivity contribution in [3.63, 3.8) is 0 Å². The molecule has 1 aromatic carbocycles. The van der Waals surface area contributed by atoms with Gasteiger partial charge in [0.1, 0.15) is 5.56 Å². The summed E-state index contributed by atoms with van der Waals surface area (Å²) in [5, 5.41) is 9.06. The average molecular weight is 322 g/mol. The number of aromatic carboxylic acids is 1. The number of sulfonamides is 1. The van der Waals surface area contributed by atoms with Gasteiger partial charge < -0.3 is 9.84 Å². The van der Waals surface area contributed by atoms with Crippen LogP contribution in [0.5, 0.6) is 5.75 Å². The fourth-order valence-corrected chi connectivity index (χ4v) is 3.67. The van der Waals surface area contributed by atoms with E-state index in [-0.39, 0.29) is 34.3 Å². The number of methoxy groups -OCH3 is 1. The van der Waals surface area contributed by atoms with Gasteiger partial charge in [0.25, 0.3) is 0 Å². The maximum Gasteiger partial charge on any atom is 0.339 e. The van der Waals surface area contributed by atoms with Gasteiger partial charge in [0, 0.05) is 13.1 Å². The Morgan fingerprint density at radius 3 is 2.30 bits per heavy atom. The highest BCUT2D eigenvalue weighted by Gasteiger charge is 2.26. The van der Waals surface area contributed by atoms with Gasteiger partial charge in [-0.1, -0.05) is 25.4 Å². The van der Waals surface area contributed by atoms with Gasteiger partial charge in [-0.15, -0.1) is 0 Å². The second kappa shape index (κ2) is 6.43. The Morgan fingerprint density at radius 1 is 1.35 bits per heavy atom. The molecule has 0 amide bonds. The van der Waals surface area contributed by atoms with Gasteiger partial charge in [0.05, 0.1) is 17.0 Å². The van der Waals surface area contributed by atoms with Gasteiger partial charge in [-0.05, 0) is 12.1 Å². The van der Waals surface area contributed by atoms with Crippen molar-refractivity contribution in [1.29, 1.82) is 0 Å². The molecule has 0 aliphatic carbocycles. The van der Waals surface area contributed by atoms with E-state index in [1.807, 2.05) is 0 Å².